The van der Waals surface area contributed by atoms with Crippen LogP contribution in [0.25, 0.3) is 22.4 Å². The van der Waals surface area contributed by atoms with Crippen molar-refractivity contribution in [3.8, 4) is 17.3 Å². The minimum Gasteiger partial charge on any atom is -0.481 e. The van der Waals surface area contributed by atoms with E-state index in [1.807, 2.05) is 24.3 Å². The number of aromatic nitrogens is 3. The maximum absolute atomic E-state index is 11.7. The van der Waals surface area contributed by atoms with Crippen LogP contribution >= 0.6 is 11.6 Å². The van der Waals surface area contributed by atoms with Gasteiger partial charge in [-0.15, -0.1) is 0 Å². The Morgan fingerprint density at radius 1 is 1.22 bits per heavy atom. The first-order valence-corrected chi connectivity index (χ1v) is 10.5. The third-order valence-corrected chi connectivity index (χ3v) is 5.21. The normalized spacial score (nSPS) is 13.8. The van der Waals surface area contributed by atoms with Crippen LogP contribution in [0, 0.1) is 0 Å². The summed E-state index contributed by atoms with van der Waals surface area (Å²) in [6.07, 6.45) is -0.158. The van der Waals surface area contributed by atoms with Crippen molar-refractivity contribution < 1.29 is 24.2 Å². The summed E-state index contributed by atoms with van der Waals surface area (Å²) < 4.78 is 10.7. The monoisotopic (exact) mass is 459 g/mol. The van der Waals surface area contributed by atoms with Gasteiger partial charge in [0.15, 0.2) is 12.3 Å². The number of hydrogen-bond donors (Lipinski definition) is 3. The Hall–Kier alpha value is -3.37. The highest BCUT2D eigenvalue weighted by molar-refractivity contribution is 6.33. The zero-order valence-corrected chi connectivity index (χ0v) is 17.9. The van der Waals surface area contributed by atoms with Crippen LogP contribution in [0.4, 0.5) is 5.69 Å². The predicted octanol–water partition coefficient (Wildman–Crippen LogP) is 2.08. The van der Waals surface area contributed by atoms with Crippen LogP contribution in [-0.2, 0) is 14.3 Å². The number of carboxylic acids is 1. The van der Waals surface area contributed by atoms with Crippen molar-refractivity contribution >= 4 is 40.3 Å². The number of ether oxygens (including phenoxy) is 2. The molecule has 4 rings (SSSR count). The fourth-order valence-corrected chi connectivity index (χ4v) is 3.57. The lowest BCUT2D eigenvalue weighted by atomic mass is 10.1. The standard InChI is InChI=1S/C21H22ClN5O5/c22-15-11-16-20(26-21(24-16)32-12-17(28)23-6-5-18(29)30)25-19(15)13-1-3-14(4-2-13)27-7-9-31-10-8-27/h1-4,11H,5-10,12H2,(H,23,28)(H,29,30)(H,24,25,26). The molecule has 0 saturated carbocycles. The molecule has 0 spiro atoms. The molecule has 0 bridgehead atoms. The van der Waals surface area contributed by atoms with Crippen LogP contribution in [0.3, 0.4) is 0 Å². The van der Waals surface area contributed by atoms with Crippen LogP contribution in [0.15, 0.2) is 30.3 Å². The smallest absolute Gasteiger partial charge is 0.305 e. The zero-order valence-electron chi connectivity index (χ0n) is 17.1. The molecular weight excluding hydrogens is 438 g/mol. The average molecular weight is 460 g/mol. The summed E-state index contributed by atoms with van der Waals surface area (Å²) in [4.78, 5) is 36.2. The van der Waals surface area contributed by atoms with Gasteiger partial charge < -0.3 is 29.8 Å². The van der Waals surface area contributed by atoms with Crippen LogP contribution in [0.1, 0.15) is 6.42 Å². The van der Waals surface area contributed by atoms with E-state index < -0.39 is 11.9 Å². The minimum atomic E-state index is -0.988. The Morgan fingerprint density at radius 3 is 2.69 bits per heavy atom. The number of aromatic amines is 1. The van der Waals surface area contributed by atoms with Crippen molar-refractivity contribution in [2.75, 3.05) is 44.4 Å². The molecule has 1 aliphatic heterocycles. The molecule has 1 aliphatic rings. The molecule has 1 fully saturated rings. The number of carbonyl (C=O) groups excluding carboxylic acids is 1. The maximum Gasteiger partial charge on any atom is 0.305 e. The van der Waals surface area contributed by atoms with Gasteiger partial charge in [-0.1, -0.05) is 23.7 Å². The SMILES string of the molecule is O=C(O)CCNC(=O)COc1nc2nc(-c3ccc(N4CCOCC4)cc3)c(Cl)cc2[nH]1. The van der Waals surface area contributed by atoms with E-state index in [-0.39, 0.29) is 25.6 Å². The number of anilines is 1. The van der Waals surface area contributed by atoms with Gasteiger partial charge >= 0.3 is 5.97 Å². The number of nitrogens with zero attached hydrogens (tertiary/aromatic N) is 3. The van der Waals surface area contributed by atoms with Gasteiger partial charge in [-0.2, -0.15) is 4.98 Å². The average Bonchev–Trinajstić information content (AvgIpc) is 3.19. The highest BCUT2D eigenvalue weighted by Gasteiger charge is 2.15. The van der Waals surface area contributed by atoms with E-state index in [1.54, 1.807) is 6.07 Å². The number of amides is 1. The lowest BCUT2D eigenvalue weighted by molar-refractivity contribution is -0.137. The van der Waals surface area contributed by atoms with Gasteiger partial charge in [0.25, 0.3) is 11.9 Å². The first-order valence-electron chi connectivity index (χ1n) is 10.1. The molecule has 2 aromatic heterocycles. The molecule has 1 aromatic carbocycles. The van der Waals surface area contributed by atoms with Gasteiger partial charge in [-0.25, -0.2) is 4.98 Å². The summed E-state index contributed by atoms with van der Waals surface area (Å²) in [7, 11) is 0. The molecule has 3 aromatic rings. The largest absolute Gasteiger partial charge is 0.481 e. The van der Waals surface area contributed by atoms with Crippen molar-refractivity contribution in [2.24, 2.45) is 0 Å². The van der Waals surface area contributed by atoms with Gasteiger partial charge in [-0.05, 0) is 18.2 Å². The van der Waals surface area contributed by atoms with Crippen molar-refractivity contribution in [1.82, 2.24) is 20.3 Å². The van der Waals surface area contributed by atoms with Gasteiger partial charge in [0.1, 0.15) is 0 Å². The second kappa shape index (κ2) is 9.84. The molecule has 168 valence electrons. The predicted molar refractivity (Wildman–Crippen MR) is 118 cm³/mol. The molecule has 3 heterocycles. The second-order valence-corrected chi connectivity index (χ2v) is 7.57. The van der Waals surface area contributed by atoms with E-state index in [9.17, 15) is 9.59 Å². The first kappa shape index (κ1) is 21.8. The summed E-state index contributed by atoms with van der Waals surface area (Å²) >= 11 is 6.46. The summed E-state index contributed by atoms with van der Waals surface area (Å²) in [5, 5.41) is 11.5. The molecule has 0 radical (unpaired) electrons. The number of nitrogens with one attached hydrogen (secondary N) is 2. The van der Waals surface area contributed by atoms with E-state index in [4.69, 9.17) is 26.2 Å². The van der Waals surface area contributed by atoms with E-state index in [0.717, 1.165) is 37.6 Å². The number of rotatable bonds is 8. The fourth-order valence-electron chi connectivity index (χ4n) is 3.31. The third-order valence-electron chi connectivity index (χ3n) is 4.92. The number of carbonyl (C=O) groups is 2. The number of fused-ring (bicyclic) bond motifs is 1. The number of imidazole rings is 1. The molecule has 0 aliphatic carbocycles. The van der Waals surface area contributed by atoms with Crippen LogP contribution in [-0.4, -0.2) is 71.4 Å². The quantitative estimate of drug-likeness (QED) is 0.467. The van der Waals surface area contributed by atoms with Gasteiger partial charge in [0.2, 0.25) is 0 Å². The summed E-state index contributed by atoms with van der Waals surface area (Å²) in [6.45, 7) is 2.89. The minimum absolute atomic E-state index is 0.0303. The van der Waals surface area contributed by atoms with Gasteiger partial charge in [-0.3, -0.25) is 9.59 Å². The Kier molecular flexibility index (Phi) is 6.72. The molecule has 10 nitrogen and oxygen atoms in total. The highest BCUT2D eigenvalue weighted by Crippen LogP contribution is 2.30. The number of morpholine rings is 1. The number of pyridine rings is 1. The van der Waals surface area contributed by atoms with E-state index in [0.29, 0.717) is 21.9 Å². The topological polar surface area (TPSA) is 130 Å². The summed E-state index contributed by atoms with van der Waals surface area (Å²) in [6, 6.07) is 9.83. The van der Waals surface area contributed by atoms with Crippen molar-refractivity contribution in [2.45, 2.75) is 6.42 Å². The first-order chi connectivity index (χ1) is 15.5. The number of hydrogen-bond acceptors (Lipinski definition) is 7. The molecule has 0 atom stereocenters. The number of halogens is 1. The number of H-pyrrole nitrogens is 1. The Bertz CT molecular complexity index is 1110. The van der Waals surface area contributed by atoms with Crippen LogP contribution < -0.4 is 15.0 Å². The van der Waals surface area contributed by atoms with Crippen molar-refractivity contribution in [1.29, 1.82) is 0 Å². The molecule has 1 saturated heterocycles. The Labute approximate surface area is 188 Å². The highest BCUT2D eigenvalue weighted by atomic mass is 35.5. The van der Waals surface area contributed by atoms with Crippen molar-refractivity contribution in [3.63, 3.8) is 0 Å². The molecule has 11 heteroatoms. The number of benzene rings is 1. The summed E-state index contributed by atoms with van der Waals surface area (Å²) in [5.74, 6) is -1.43. The molecule has 32 heavy (non-hydrogen) atoms. The fraction of sp³-hybridized carbons (Fsp3) is 0.333. The lowest BCUT2D eigenvalue weighted by Gasteiger charge is -2.28. The van der Waals surface area contributed by atoms with Crippen LogP contribution in [0.2, 0.25) is 5.02 Å². The van der Waals surface area contributed by atoms with E-state index in [2.05, 4.69) is 25.2 Å². The zero-order chi connectivity index (χ0) is 22.5. The summed E-state index contributed by atoms with van der Waals surface area (Å²) in [5.41, 5.74) is 3.55. The van der Waals surface area contributed by atoms with Gasteiger partial charge in [0, 0.05) is 30.9 Å². The van der Waals surface area contributed by atoms with Crippen molar-refractivity contribution in [3.05, 3.63) is 35.4 Å². The van der Waals surface area contributed by atoms with Gasteiger partial charge in [0.05, 0.1) is 35.9 Å². The molecular formula is C21H22ClN5O5. The number of carboxylic acid groups (broad SMARTS) is 1. The lowest BCUT2D eigenvalue weighted by Crippen LogP contribution is -2.36. The Balaban J connectivity index is 1.44. The molecule has 0 unspecified atom stereocenters. The van der Waals surface area contributed by atoms with E-state index in [1.165, 1.54) is 0 Å². The van der Waals surface area contributed by atoms with Crippen LogP contribution in [0.5, 0.6) is 6.01 Å². The number of aliphatic carboxylic acids is 1. The molecule has 3 N–H and O–H groups in total. The second-order valence-electron chi connectivity index (χ2n) is 7.16. The third kappa shape index (κ3) is 5.27. The maximum atomic E-state index is 11.7. The molecule has 1 amide bonds. The Morgan fingerprint density at radius 2 is 1.97 bits per heavy atom. The van der Waals surface area contributed by atoms with E-state index >= 15 is 0 Å².